The fourth-order valence-electron chi connectivity index (χ4n) is 5.44. The van der Waals surface area contributed by atoms with Crippen LogP contribution in [-0.2, 0) is 0 Å². The fraction of sp³-hybridized carbons (Fsp3) is 0. The molecule has 0 saturated carbocycles. The Balaban J connectivity index is 1.53. The number of nitrogens with one attached hydrogen (secondary N) is 1. The summed E-state index contributed by atoms with van der Waals surface area (Å²) in [6, 6.07) is 37.5. The van der Waals surface area contributed by atoms with Crippen LogP contribution in [0.25, 0.3) is 69.5 Å². The summed E-state index contributed by atoms with van der Waals surface area (Å²) in [5.41, 5.74) is 6.11. The molecule has 0 unspecified atom stereocenters. The molecule has 0 fully saturated rings. The summed E-state index contributed by atoms with van der Waals surface area (Å²) in [4.78, 5) is 3.60. The van der Waals surface area contributed by atoms with Crippen molar-refractivity contribution in [3.8, 4) is 5.69 Å². The molecule has 3 heteroatoms. The van der Waals surface area contributed by atoms with Crippen molar-refractivity contribution in [3.05, 3.63) is 103 Å². The number of hydrogen-bond acceptors (Lipinski definition) is 1. The largest absolute Gasteiger partial charge is 0.354 e. The van der Waals surface area contributed by atoms with Crippen molar-refractivity contribution in [3.63, 3.8) is 0 Å². The van der Waals surface area contributed by atoms with Gasteiger partial charge in [-0.3, -0.25) is 0 Å². The molecule has 0 atom stereocenters. The smallest absolute Gasteiger partial charge is 0.0555 e. The molecule has 0 spiro atoms. The highest BCUT2D eigenvalue weighted by atomic mass is 32.1. The highest BCUT2D eigenvalue weighted by Crippen LogP contribution is 2.42. The number of H-pyrrole nitrogens is 1. The molecule has 0 aliphatic rings. The van der Waals surface area contributed by atoms with E-state index in [-0.39, 0.29) is 0 Å². The van der Waals surface area contributed by atoms with Gasteiger partial charge in [0.05, 0.1) is 11.0 Å². The summed E-state index contributed by atoms with van der Waals surface area (Å²) < 4.78 is 5.05. The molecule has 3 heterocycles. The molecule has 2 nitrogen and oxygen atoms in total. The lowest BCUT2D eigenvalue weighted by Crippen LogP contribution is -1.92. The lowest BCUT2D eigenvalue weighted by atomic mass is 10.1. The van der Waals surface area contributed by atoms with Gasteiger partial charge in [-0.25, -0.2) is 0 Å². The number of fused-ring (bicyclic) bond motifs is 9. The number of aromatic amines is 1. The Hall–Kier alpha value is -4.08. The first kappa shape index (κ1) is 17.5. The van der Waals surface area contributed by atoms with Crippen molar-refractivity contribution in [2.45, 2.75) is 0 Å². The lowest BCUT2D eigenvalue weighted by Gasteiger charge is -2.07. The van der Waals surface area contributed by atoms with Crippen molar-refractivity contribution in [2.75, 3.05) is 0 Å². The number of benzene rings is 5. The molecule has 8 aromatic rings. The Morgan fingerprint density at radius 3 is 2.06 bits per heavy atom. The summed E-state index contributed by atoms with van der Waals surface area (Å²) in [5, 5.41) is 7.86. The monoisotopic (exact) mass is 438 g/mol. The topological polar surface area (TPSA) is 20.7 Å². The summed E-state index contributed by atoms with van der Waals surface area (Å²) in [7, 11) is 0. The third-order valence-electron chi connectivity index (χ3n) is 6.90. The van der Waals surface area contributed by atoms with Crippen LogP contribution in [-0.4, -0.2) is 9.55 Å². The van der Waals surface area contributed by atoms with Gasteiger partial charge >= 0.3 is 0 Å². The molecule has 8 rings (SSSR count). The number of hydrogen-bond donors (Lipinski definition) is 1. The Bertz CT molecular complexity index is 2020. The minimum absolute atomic E-state index is 1.20. The molecule has 0 radical (unpaired) electrons. The van der Waals surface area contributed by atoms with E-state index in [1.54, 1.807) is 0 Å². The second-order valence-corrected chi connectivity index (χ2v) is 9.80. The van der Waals surface area contributed by atoms with Crippen molar-refractivity contribution in [1.29, 1.82) is 0 Å². The maximum absolute atomic E-state index is 3.60. The van der Waals surface area contributed by atoms with E-state index in [0.29, 0.717) is 0 Å². The predicted molar refractivity (Wildman–Crippen MR) is 143 cm³/mol. The van der Waals surface area contributed by atoms with E-state index < -0.39 is 0 Å². The molecule has 0 saturated heterocycles. The van der Waals surface area contributed by atoms with E-state index >= 15 is 0 Å². The average Bonchev–Trinajstić information content (AvgIpc) is 3.50. The molecule has 3 aromatic heterocycles. The number of thiophene rings is 1. The van der Waals surface area contributed by atoms with Crippen molar-refractivity contribution in [2.24, 2.45) is 0 Å². The Labute approximate surface area is 193 Å². The SMILES string of the molecule is c1ccc(-n2c3ccccc3c3cc4c(cc32)sc2cc3[nH]c5ccccc5c3cc24)cc1. The molecular weight excluding hydrogens is 420 g/mol. The third kappa shape index (κ3) is 2.32. The molecule has 1 N–H and O–H groups in total. The van der Waals surface area contributed by atoms with Crippen LogP contribution in [0, 0.1) is 0 Å². The quantitative estimate of drug-likeness (QED) is 0.264. The molecule has 33 heavy (non-hydrogen) atoms. The summed E-state index contributed by atoms with van der Waals surface area (Å²) in [6.45, 7) is 0. The summed E-state index contributed by atoms with van der Waals surface area (Å²) in [6.07, 6.45) is 0. The van der Waals surface area contributed by atoms with Gasteiger partial charge in [-0.15, -0.1) is 11.3 Å². The standard InChI is InChI=1S/C30H18N2S/c1-2-8-18(9-3-1)32-27-13-7-5-11-20(27)22-15-24-23-14-21-19-10-4-6-12-25(19)31-26(21)16-29(23)33-30(24)17-28(22)32/h1-17,31H. The first-order valence-electron chi connectivity index (χ1n) is 11.2. The van der Waals surface area contributed by atoms with Crippen LogP contribution in [0.4, 0.5) is 0 Å². The van der Waals surface area contributed by atoms with Crippen LogP contribution < -0.4 is 0 Å². The molecule has 0 amide bonds. The van der Waals surface area contributed by atoms with E-state index in [1.807, 2.05) is 11.3 Å². The fourth-order valence-corrected chi connectivity index (χ4v) is 6.58. The summed E-state index contributed by atoms with van der Waals surface area (Å²) >= 11 is 1.88. The third-order valence-corrected chi connectivity index (χ3v) is 8.02. The van der Waals surface area contributed by atoms with E-state index in [9.17, 15) is 0 Å². The highest BCUT2D eigenvalue weighted by Gasteiger charge is 2.16. The molecular formula is C30H18N2S. The van der Waals surface area contributed by atoms with Gasteiger partial charge in [0.1, 0.15) is 0 Å². The van der Waals surface area contributed by atoms with Gasteiger partial charge in [-0.2, -0.15) is 0 Å². The minimum Gasteiger partial charge on any atom is -0.354 e. The Morgan fingerprint density at radius 2 is 1.18 bits per heavy atom. The van der Waals surface area contributed by atoms with Crippen molar-refractivity contribution >= 4 is 75.1 Å². The predicted octanol–water partition coefficient (Wildman–Crippen LogP) is 8.79. The van der Waals surface area contributed by atoms with E-state index in [4.69, 9.17) is 0 Å². The Morgan fingerprint density at radius 1 is 0.485 bits per heavy atom. The Kier molecular flexibility index (Phi) is 3.31. The van der Waals surface area contributed by atoms with Crippen LogP contribution in [0.2, 0.25) is 0 Å². The molecule has 0 aliphatic heterocycles. The van der Waals surface area contributed by atoms with Gasteiger partial charge < -0.3 is 9.55 Å². The number of nitrogens with zero attached hydrogens (tertiary/aromatic N) is 1. The van der Waals surface area contributed by atoms with Gasteiger partial charge in [0.2, 0.25) is 0 Å². The van der Waals surface area contributed by atoms with Gasteiger partial charge in [-0.05, 0) is 48.5 Å². The molecule has 0 aliphatic carbocycles. The first-order valence-corrected chi connectivity index (χ1v) is 12.0. The van der Waals surface area contributed by atoms with E-state index in [2.05, 4.69) is 113 Å². The van der Waals surface area contributed by atoms with Crippen LogP contribution in [0.5, 0.6) is 0 Å². The highest BCUT2D eigenvalue weighted by molar-refractivity contribution is 7.26. The number of para-hydroxylation sites is 3. The molecule has 5 aromatic carbocycles. The number of rotatable bonds is 1. The summed E-state index contributed by atoms with van der Waals surface area (Å²) in [5.74, 6) is 0. The second kappa shape index (κ2) is 6.25. The van der Waals surface area contributed by atoms with Crippen LogP contribution in [0.1, 0.15) is 0 Å². The lowest BCUT2D eigenvalue weighted by molar-refractivity contribution is 1.18. The first-order chi connectivity index (χ1) is 16.3. The number of aromatic nitrogens is 2. The second-order valence-electron chi connectivity index (χ2n) is 8.72. The van der Waals surface area contributed by atoms with E-state index in [1.165, 1.54) is 69.5 Å². The van der Waals surface area contributed by atoms with Crippen LogP contribution >= 0.6 is 11.3 Å². The maximum Gasteiger partial charge on any atom is 0.0555 e. The maximum atomic E-state index is 3.60. The average molecular weight is 439 g/mol. The normalized spacial score (nSPS) is 12.2. The van der Waals surface area contributed by atoms with Crippen molar-refractivity contribution in [1.82, 2.24) is 9.55 Å². The molecule has 154 valence electrons. The van der Waals surface area contributed by atoms with Gasteiger partial charge in [0.15, 0.2) is 0 Å². The van der Waals surface area contributed by atoms with Crippen LogP contribution in [0.3, 0.4) is 0 Å². The van der Waals surface area contributed by atoms with Gasteiger partial charge in [0, 0.05) is 58.4 Å². The van der Waals surface area contributed by atoms with Crippen LogP contribution in [0.15, 0.2) is 103 Å². The molecule has 0 bridgehead atoms. The van der Waals surface area contributed by atoms with Gasteiger partial charge in [0.25, 0.3) is 0 Å². The zero-order chi connectivity index (χ0) is 21.5. The van der Waals surface area contributed by atoms with Crippen molar-refractivity contribution < 1.29 is 0 Å². The zero-order valence-electron chi connectivity index (χ0n) is 17.7. The zero-order valence-corrected chi connectivity index (χ0v) is 18.5. The minimum atomic E-state index is 1.20. The van der Waals surface area contributed by atoms with E-state index in [0.717, 1.165) is 0 Å². The van der Waals surface area contributed by atoms with Gasteiger partial charge in [-0.1, -0.05) is 54.6 Å².